The Bertz CT molecular complexity index is 823. The van der Waals surface area contributed by atoms with Crippen LogP contribution in [0, 0.1) is 5.92 Å². The standard InChI is InChI=1S/C24H33NO4Si/c1-18-22(29-23(14-15-26)24(18)30(2,3)28)13-12-19-8-7-11-21(16-19)25(17-27)20-9-5-4-6-10-20/h4-11,16-18,22-24,26,28H,12-15H2,1-3H3/t18-,22+,23-,24+/m0/s1. The van der Waals surface area contributed by atoms with Crippen LogP contribution < -0.4 is 4.90 Å². The van der Waals surface area contributed by atoms with Crippen molar-refractivity contribution >= 4 is 26.1 Å². The molecule has 4 atom stereocenters. The van der Waals surface area contributed by atoms with Gasteiger partial charge in [-0.2, -0.15) is 0 Å². The van der Waals surface area contributed by atoms with E-state index in [9.17, 15) is 14.7 Å². The molecule has 0 radical (unpaired) electrons. The van der Waals surface area contributed by atoms with Gasteiger partial charge < -0.3 is 14.6 Å². The van der Waals surface area contributed by atoms with Crippen LogP contribution in [-0.4, -0.2) is 43.4 Å². The lowest BCUT2D eigenvalue weighted by molar-refractivity contribution is -0.106. The lowest BCUT2D eigenvalue weighted by Gasteiger charge is -2.30. The van der Waals surface area contributed by atoms with Gasteiger partial charge in [0.15, 0.2) is 8.32 Å². The summed E-state index contributed by atoms with van der Waals surface area (Å²) in [5.74, 6) is 0.257. The highest BCUT2D eigenvalue weighted by Gasteiger charge is 2.49. The van der Waals surface area contributed by atoms with Crippen LogP contribution in [0.25, 0.3) is 0 Å². The summed E-state index contributed by atoms with van der Waals surface area (Å²) in [4.78, 5) is 24.1. The second kappa shape index (κ2) is 9.88. The lowest BCUT2D eigenvalue weighted by Crippen LogP contribution is -2.40. The van der Waals surface area contributed by atoms with Crippen LogP contribution >= 0.6 is 0 Å². The van der Waals surface area contributed by atoms with E-state index in [4.69, 9.17) is 4.74 Å². The molecule has 1 saturated heterocycles. The van der Waals surface area contributed by atoms with E-state index in [1.54, 1.807) is 4.90 Å². The number of amides is 1. The molecular weight excluding hydrogens is 394 g/mol. The smallest absolute Gasteiger partial charge is 0.218 e. The zero-order valence-electron chi connectivity index (χ0n) is 18.1. The Hall–Kier alpha value is -1.99. The van der Waals surface area contributed by atoms with E-state index in [0.29, 0.717) is 6.42 Å². The number of aliphatic hydroxyl groups excluding tert-OH is 1. The largest absolute Gasteiger partial charge is 0.432 e. The Morgan fingerprint density at radius 2 is 1.73 bits per heavy atom. The summed E-state index contributed by atoms with van der Waals surface area (Å²) in [5.41, 5.74) is 2.95. The number of carbonyl (C=O) groups is 1. The highest BCUT2D eigenvalue weighted by molar-refractivity contribution is 6.71. The van der Waals surface area contributed by atoms with Crippen LogP contribution in [0.2, 0.25) is 18.6 Å². The van der Waals surface area contributed by atoms with E-state index in [1.165, 1.54) is 0 Å². The maximum Gasteiger partial charge on any atom is 0.218 e. The van der Waals surface area contributed by atoms with Crippen molar-refractivity contribution in [2.24, 2.45) is 5.92 Å². The minimum atomic E-state index is -2.39. The number of rotatable bonds is 9. The van der Waals surface area contributed by atoms with Gasteiger partial charge in [0.25, 0.3) is 0 Å². The summed E-state index contributed by atoms with van der Waals surface area (Å²) < 4.78 is 6.29. The van der Waals surface area contributed by atoms with Crippen LogP contribution in [0.5, 0.6) is 0 Å². The van der Waals surface area contributed by atoms with Gasteiger partial charge in [-0.25, -0.2) is 0 Å². The van der Waals surface area contributed by atoms with Crippen LogP contribution in [0.4, 0.5) is 11.4 Å². The number of para-hydroxylation sites is 1. The predicted octanol–water partition coefficient (Wildman–Crippen LogP) is 4.27. The van der Waals surface area contributed by atoms with Gasteiger partial charge >= 0.3 is 0 Å². The molecule has 3 rings (SSSR count). The number of benzene rings is 2. The topological polar surface area (TPSA) is 70.0 Å². The molecule has 2 aromatic carbocycles. The molecule has 1 amide bonds. The molecule has 2 N–H and O–H groups in total. The minimum absolute atomic E-state index is 0.0606. The molecule has 1 fully saturated rings. The first-order valence-electron chi connectivity index (χ1n) is 10.7. The number of hydrogen-bond acceptors (Lipinski definition) is 4. The molecule has 0 aromatic heterocycles. The van der Waals surface area contributed by atoms with Gasteiger partial charge in [0, 0.05) is 23.5 Å². The Balaban J connectivity index is 1.70. The van der Waals surface area contributed by atoms with Crippen molar-refractivity contribution < 1.29 is 19.4 Å². The van der Waals surface area contributed by atoms with Gasteiger partial charge in [-0.15, -0.1) is 0 Å². The second-order valence-electron chi connectivity index (χ2n) is 8.78. The molecule has 0 unspecified atom stereocenters. The molecule has 2 aromatic rings. The Kier molecular flexibility index (Phi) is 7.47. The first kappa shape index (κ1) is 22.7. The summed E-state index contributed by atoms with van der Waals surface area (Å²) >= 11 is 0. The highest BCUT2D eigenvalue weighted by atomic mass is 28.4. The fourth-order valence-electron chi connectivity index (χ4n) is 4.84. The molecule has 0 saturated carbocycles. The van der Waals surface area contributed by atoms with Gasteiger partial charge in [0.1, 0.15) is 0 Å². The average Bonchev–Trinajstić information content (AvgIpc) is 3.04. The van der Waals surface area contributed by atoms with Crippen molar-refractivity contribution in [2.45, 2.75) is 57.0 Å². The SMILES string of the molecule is C[C@@H]1[C@@H]([Si](C)(C)O)[C@H](CCO)O[C@@H]1CCc1cccc(N(C=O)c2ccccc2)c1. The number of aliphatic hydroxyl groups is 1. The van der Waals surface area contributed by atoms with Crippen molar-refractivity contribution in [1.82, 2.24) is 0 Å². The second-order valence-corrected chi connectivity index (χ2v) is 12.8. The fourth-order valence-corrected chi connectivity index (χ4v) is 7.49. The van der Waals surface area contributed by atoms with E-state index in [0.717, 1.165) is 36.2 Å². The monoisotopic (exact) mass is 427 g/mol. The number of ether oxygens (including phenoxy) is 1. The average molecular weight is 428 g/mol. The van der Waals surface area contributed by atoms with Gasteiger partial charge in [0.05, 0.1) is 12.2 Å². The van der Waals surface area contributed by atoms with Crippen molar-refractivity contribution in [3.63, 3.8) is 0 Å². The Morgan fingerprint density at radius 1 is 1.03 bits per heavy atom. The van der Waals surface area contributed by atoms with Crippen LogP contribution in [0.15, 0.2) is 54.6 Å². The maximum absolute atomic E-state index is 11.7. The first-order chi connectivity index (χ1) is 14.3. The summed E-state index contributed by atoms with van der Waals surface area (Å²) in [6.45, 7) is 6.17. The number of carbonyl (C=O) groups excluding carboxylic acids is 1. The normalized spacial score (nSPS) is 24.0. The lowest BCUT2D eigenvalue weighted by atomic mass is 9.95. The van der Waals surface area contributed by atoms with E-state index < -0.39 is 8.32 Å². The number of aryl methyl sites for hydroxylation is 1. The molecule has 30 heavy (non-hydrogen) atoms. The number of hydrogen-bond donors (Lipinski definition) is 2. The van der Waals surface area contributed by atoms with Crippen LogP contribution in [0.1, 0.15) is 25.3 Å². The maximum atomic E-state index is 11.7. The quantitative estimate of drug-likeness (QED) is 0.463. The summed E-state index contributed by atoms with van der Waals surface area (Å²) in [7, 11) is -2.39. The van der Waals surface area contributed by atoms with Crippen LogP contribution in [-0.2, 0) is 16.0 Å². The molecule has 0 aliphatic carbocycles. The Morgan fingerprint density at radius 3 is 2.37 bits per heavy atom. The van der Waals surface area contributed by atoms with Crippen molar-refractivity contribution in [1.29, 1.82) is 0 Å². The van der Waals surface area contributed by atoms with Crippen LogP contribution in [0.3, 0.4) is 0 Å². The highest BCUT2D eigenvalue weighted by Crippen LogP contribution is 2.45. The molecule has 0 spiro atoms. The number of nitrogens with zero attached hydrogens (tertiary/aromatic N) is 1. The van der Waals surface area contributed by atoms with Gasteiger partial charge in [-0.05, 0) is 68.1 Å². The van der Waals surface area contributed by atoms with E-state index in [1.807, 2.05) is 55.6 Å². The summed E-state index contributed by atoms with van der Waals surface area (Å²) in [5, 5.41) is 9.41. The summed E-state index contributed by atoms with van der Waals surface area (Å²) in [6, 6.07) is 17.6. The van der Waals surface area contributed by atoms with E-state index >= 15 is 0 Å². The van der Waals surface area contributed by atoms with Crippen molar-refractivity contribution in [3.05, 3.63) is 60.2 Å². The van der Waals surface area contributed by atoms with Gasteiger partial charge in [-0.3, -0.25) is 9.69 Å². The molecule has 0 bridgehead atoms. The van der Waals surface area contributed by atoms with Crippen molar-refractivity contribution in [2.75, 3.05) is 11.5 Å². The third kappa shape index (κ3) is 5.18. The fraction of sp³-hybridized carbons (Fsp3) is 0.458. The first-order valence-corrected chi connectivity index (χ1v) is 13.7. The number of anilines is 2. The molecule has 5 nitrogen and oxygen atoms in total. The molecule has 1 aliphatic rings. The van der Waals surface area contributed by atoms with Crippen molar-refractivity contribution in [3.8, 4) is 0 Å². The van der Waals surface area contributed by atoms with Gasteiger partial charge in [-0.1, -0.05) is 37.3 Å². The zero-order chi connectivity index (χ0) is 21.7. The van der Waals surface area contributed by atoms with E-state index in [-0.39, 0.29) is 30.3 Å². The summed E-state index contributed by atoms with van der Waals surface area (Å²) in [6.07, 6.45) is 3.08. The molecule has 1 aliphatic heterocycles. The molecular formula is C24H33NO4Si. The third-order valence-corrected chi connectivity index (χ3v) is 8.71. The zero-order valence-corrected chi connectivity index (χ0v) is 19.1. The third-order valence-electron chi connectivity index (χ3n) is 6.18. The minimum Gasteiger partial charge on any atom is -0.432 e. The van der Waals surface area contributed by atoms with E-state index in [2.05, 4.69) is 19.1 Å². The molecule has 162 valence electrons. The molecule has 1 heterocycles. The Labute approximate surface area is 180 Å². The predicted molar refractivity (Wildman–Crippen MR) is 122 cm³/mol. The van der Waals surface area contributed by atoms with Gasteiger partial charge in [0.2, 0.25) is 6.41 Å². The molecule has 6 heteroatoms.